The standard InChI is InChI=1S/C33H30F3N5O/c1-23-6-5-9-25(20-23)26-10-15-30-38-31(24-7-3-2-4-8-24)29(41(30)21-26)22-39-16-18-40(19-17-39)32(42)37-28-13-11-27(12-14-28)33(34,35)36/h2-15,20-21H,16-19,22H2,1H3,(H,37,42). The third kappa shape index (κ3) is 5.87. The van der Waals surface area contributed by atoms with Crippen LogP contribution in [-0.2, 0) is 12.7 Å². The molecule has 42 heavy (non-hydrogen) atoms. The molecule has 2 amide bonds. The van der Waals surface area contributed by atoms with Crippen molar-refractivity contribution in [3.63, 3.8) is 0 Å². The first-order chi connectivity index (χ1) is 20.2. The molecule has 6 nitrogen and oxygen atoms in total. The molecular formula is C33H30F3N5O. The Bertz CT molecular complexity index is 1710. The van der Waals surface area contributed by atoms with Crippen LogP contribution in [0.4, 0.5) is 23.7 Å². The molecule has 3 heterocycles. The first-order valence-electron chi connectivity index (χ1n) is 13.8. The number of benzene rings is 3. The molecule has 0 atom stereocenters. The second kappa shape index (κ2) is 11.3. The largest absolute Gasteiger partial charge is 0.416 e. The zero-order valence-electron chi connectivity index (χ0n) is 23.1. The van der Waals surface area contributed by atoms with Gasteiger partial charge in [0.1, 0.15) is 5.65 Å². The molecule has 1 N–H and O–H groups in total. The minimum Gasteiger partial charge on any atom is -0.322 e. The zero-order valence-corrected chi connectivity index (χ0v) is 23.1. The third-order valence-electron chi connectivity index (χ3n) is 7.61. The number of rotatable bonds is 5. The van der Waals surface area contributed by atoms with E-state index in [-0.39, 0.29) is 6.03 Å². The van der Waals surface area contributed by atoms with Gasteiger partial charge in [0.05, 0.1) is 17.0 Å². The predicted molar refractivity (Wildman–Crippen MR) is 158 cm³/mol. The number of nitrogens with one attached hydrogen (secondary N) is 1. The van der Waals surface area contributed by atoms with Crippen molar-refractivity contribution < 1.29 is 18.0 Å². The lowest BCUT2D eigenvalue weighted by Gasteiger charge is -2.34. The Morgan fingerprint density at radius 1 is 0.833 bits per heavy atom. The Labute approximate surface area is 242 Å². The number of nitrogens with zero attached hydrogens (tertiary/aromatic N) is 4. The molecule has 9 heteroatoms. The maximum atomic E-state index is 12.9. The highest BCUT2D eigenvalue weighted by molar-refractivity contribution is 5.89. The van der Waals surface area contributed by atoms with Gasteiger partial charge in [0.15, 0.2) is 0 Å². The van der Waals surface area contributed by atoms with Crippen LogP contribution in [0.25, 0.3) is 28.0 Å². The fourth-order valence-corrected chi connectivity index (χ4v) is 5.33. The maximum absolute atomic E-state index is 12.9. The summed E-state index contributed by atoms with van der Waals surface area (Å²) >= 11 is 0. The molecule has 214 valence electrons. The summed E-state index contributed by atoms with van der Waals surface area (Å²) < 4.78 is 40.7. The molecule has 1 aliphatic rings. The van der Waals surface area contributed by atoms with E-state index in [0.29, 0.717) is 38.4 Å². The van der Waals surface area contributed by atoms with Crippen molar-refractivity contribution in [1.29, 1.82) is 0 Å². The monoisotopic (exact) mass is 569 g/mol. The molecule has 0 aliphatic carbocycles. The van der Waals surface area contributed by atoms with Gasteiger partial charge in [0.2, 0.25) is 0 Å². The van der Waals surface area contributed by atoms with Crippen LogP contribution in [-0.4, -0.2) is 51.4 Å². The molecular weight excluding hydrogens is 539 g/mol. The lowest BCUT2D eigenvalue weighted by Crippen LogP contribution is -2.49. The SMILES string of the molecule is Cc1cccc(-c2ccc3nc(-c4ccccc4)c(CN4CCN(C(=O)Nc5ccc(C(F)(F)F)cc5)CC4)n3c2)c1. The average molecular weight is 570 g/mol. The van der Waals surface area contributed by atoms with E-state index in [2.05, 4.69) is 76.3 Å². The number of carbonyl (C=O) groups excluding carboxylic acids is 1. The van der Waals surface area contributed by atoms with Crippen LogP contribution in [0.5, 0.6) is 0 Å². The van der Waals surface area contributed by atoms with Crippen LogP contribution in [0.1, 0.15) is 16.8 Å². The Balaban J connectivity index is 1.20. The van der Waals surface area contributed by atoms with Crippen LogP contribution >= 0.6 is 0 Å². The summed E-state index contributed by atoms with van der Waals surface area (Å²) in [6.07, 6.45) is -2.27. The second-order valence-electron chi connectivity index (χ2n) is 10.6. The number of hydrogen-bond donors (Lipinski definition) is 1. The molecule has 0 radical (unpaired) electrons. The van der Waals surface area contributed by atoms with E-state index < -0.39 is 11.7 Å². The number of pyridine rings is 1. The lowest BCUT2D eigenvalue weighted by atomic mass is 10.1. The van der Waals surface area contributed by atoms with Crippen LogP contribution < -0.4 is 5.32 Å². The second-order valence-corrected chi connectivity index (χ2v) is 10.6. The smallest absolute Gasteiger partial charge is 0.322 e. The van der Waals surface area contributed by atoms with Gasteiger partial charge in [-0.25, -0.2) is 9.78 Å². The normalized spacial score (nSPS) is 14.3. The Hall–Kier alpha value is -4.63. The van der Waals surface area contributed by atoms with Gasteiger partial charge < -0.3 is 14.6 Å². The van der Waals surface area contributed by atoms with Gasteiger partial charge in [-0.1, -0.05) is 60.2 Å². The highest BCUT2D eigenvalue weighted by Gasteiger charge is 2.30. The van der Waals surface area contributed by atoms with Crippen LogP contribution in [0, 0.1) is 6.92 Å². The summed E-state index contributed by atoms with van der Waals surface area (Å²) in [4.78, 5) is 21.8. The third-order valence-corrected chi connectivity index (χ3v) is 7.61. The van der Waals surface area contributed by atoms with Crippen LogP contribution in [0.2, 0.25) is 0 Å². The Kier molecular flexibility index (Phi) is 7.43. The van der Waals surface area contributed by atoms with Gasteiger partial charge in [0.25, 0.3) is 0 Å². The molecule has 0 saturated carbocycles. The molecule has 0 unspecified atom stereocenters. The Morgan fingerprint density at radius 3 is 2.24 bits per heavy atom. The number of urea groups is 1. The van der Waals surface area contributed by atoms with E-state index in [1.165, 1.54) is 17.7 Å². The van der Waals surface area contributed by atoms with Gasteiger partial charge in [-0.3, -0.25) is 4.90 Å². The fraction of sp³-hybridized carbons (Fsp3) is 0.212. The topological polar surface area (TPSA) is 52.9 Å². The van der Waals surface area contributed by atoms with Crippen molar-refractivity contribution in [2.75, 3.05) is 31.5 Å². The maximum Gasteiger partial charge on any atom is 0.416 e. The number of amides is 2. The van der Waals surface area contributed by atoms with Gasteiger partial charge in [-0.15, -0.1) is 0 Å². The first kappa shape index (κ1) is 27.5. The first-order valence-corrected chi connectivity index (χ1v) is 13.8. The minimum atomic E-state index is -4.41. The molecule has 1 fully saturated rings. The molecule has 0 spiro atoms. The van der Waals surface area contributed by atoms with E-state index >= 15 is 0 Å². The highest BCUT2D eigenvalue weighted by atomic mass is 19.4. The number of carbonyl (C=O) groups is 1. The summed E-state index contributed by atoms with van der Waals surface area (Å²) in [6, 6.07) is 26.9. The number of alkyl halides is 3. The van der Waals surface area contributed by atoms with E-state index in [1.807, 2.05) is 18.2 Å². The lowest BCUT2D eigenvalue weighted by molar-refractivity contribution is -0.137. The zero-order chi connectivity index (χ0) is 29.3. The molecule has 2 aromatic heterocycles. The Morgan fingerprint density at radius 2 is 1.55 bits per heavy atom. The molecule has 5 aromatic rings. The predicted octanol–water partition coefficient (Wildman–Crippen LogP) is 7.35. The molecule has 1 saturated heterocycles. The number of fused-ring (bicyclic) bond motifs is 1. The van der Waals surface area contributed by atoms with Crippen LogP contribution in [0.3, 0.4) is 0 Å². The van der Waals surface area contributed by atoms with Gasteiger partial charge in [0, 0.05) is 50.2 Å². The highest BCUT2D eigenvalue weighted by Crippen LogP contribution is 2.31. The summed E-state index contributed by atoms with van der Waals surface area (Å²) in [7, 11) is 0. The van der Waals surface area contributed by atoms with E-state index in [0.717, 1.165) is 45.9 Å². The van der Waals surface area contributed by atoms with Crippen molar-refractivity contribution in [1.82, 2.24) is 19.2 Å². The van der Waals surface area contributed by atoms with Crippen molar-refractivity contribution in [3.05, 3.63) is 114 Å². The van der Waals surface area contributed by atoms with Gasteiger partial charge in [-0.05, 0) is 54.4 Å². The quantitative estimate of drug-likeness (QED) is 0.241. The minimum absolute atomic E-state index is 0.322. The van der Waals surface area contributed by atoms with Gasteiger partial charge >= 0.3 is 12.2 Å². The summed E-state index contributed by atoms with van der Waals surface area (Å²) in [5, 5.41) is 2.72. The molecule has 1 aliphatic heterocycles. The number of hydrogen-bond acceptors (Lipinski definition) is 3. The number of anilines is 1. The van der Waals surface area contributed by atoms with Crippen molar-refractivity contribution in [2.24, 2.45) is 0 Å². The van der Waals surface area contributed by atoms with Crippen molar-refractivity contribution >= 4 is 17.4 Å². The molecule has 3 aromatic carbocycles. The van der Waals surface area contributed by atoms with Crippen LogP contribution in [0.15, 0.2) is 97.2 Å². The van der Waals surface area contributed by atoms with Crippen molar-refractivity contribution in [3.8, 4) is 22.4 Å². The van der Waals surface area contributed by atoms with E-state index in [1.54, 1.807) is 4.90 Å². The number of aromatic nitrogens is 2. The van der Waals surface area contributed by atoms with E-state index in [4.69, 9.17) is 4.98 Å². The molecule has 6 rings (SSSR count). The van der Waals surface area contributed by atoms with Gasteiger partial charge in [-0.2, -0.15) is 13.2 Å². The average Bonchev–Trinajstić information content (AvgIpc) is 3.35. The summed E-state index contributed by atoms with van der Waals surface area (Å²) in [5.74, 6) is 0. The number of imidazole rings is 1. The summed E-state index contributed by atoms with van der Waals surface area (Å²) in [6.45, 7) is 5.04. The van der Waals surface area contributed by atoms with E-state index in [9.17, 15) is 18.0 Å². The summed E-state index contributed by atoms with van der Waals surface area (Å²) in [5.41, 5.74) is 6.95. The number of aryl methyl sites for hydroxylation is 1. The fourth-order valence-electron chi connectivity index (χ4n) is 5.33. The van der Waals surface area contributed by atoms with Crippen molar-refractivity contribution in [2.45, 2.75) is 19.6 Å². The number of halogens is 3. The number of piperazine rings is 1. The molecule has 0 bridgehead atoms.